The summed E-state index contributed by atoms with van der Waals surface area (Å²) in [7, 11) is 0. The van der Waals surface area contributed by atoms with Gasteiger partial charge >= 0.3 is 0 Å². The summed E-state index contributed by atoms with van der Waals surface area (Å²) in [6.45, 7) is 5.78. The van der Waals surface area contributed by atoms with Gasteiger partial charge in [0.2, 0.25) is 0 Å². The lowest BCUT2D eigenvalue weighted by molar-refractivity contribution is 0.0970. The number of pyridine rings is 1. The summed E-state index contributed by atoms with van der Waals surface area (Å²) in [5.74, 6) is -0.0623. The van der Waals surface area contributed by atoms with E-state index in [-0.39, 0.29) is 17.9 Å². The summed E-state index contributed by atoms with van der Waals surface area (Å²) in [5, 5.41) is 0. The summed E-state index contributed by atoms with van der Waals surface area (Å²) < 4.78 is 2.24. The van der Waals surface area contributed by atoms with Gasteiger partial charge in [0.25, 0.3) is 5.56 Å². The molecule has 0 spiro atoms. The normalized spacial score (nSPS) is 10.6. The van der Waals surface area contributed by atoms with E-state index in [0.29, 0.717) is 11.1 Å². The summed E-state index contributed by atoms with van der Waals surface area (Å²) in [6.07, 6.45) is 1.65. The number of nitrogens with zero attached hydrogens (tertiary/aromatic N) is 1. The fraction of sp³-hybridized carbons (Fsp3) is 0.250. The second-order valence-corrected chi connectivity index (χ2v) is 5.91. The van der Waals surface area contributed by atoms with E-state index in [1.165, 1.54) is 4.57 Å². The maximum atomic E-state index is 12.3. The Balaban J connectivity index is 2.32. The first-order valence-electron chi connectivity index (χ1n) is 6.35. The number of carbonyl (C=O) groups excluding carboxylic acids is 1. The van der Waals surface area contributed by atoms with Crippen molar-refractivity contribution in [3.8, 4) is 0 Å². The third kappa shape index (κ3) is 3.07. The molecule has 0 saturated heterocycles. The topological polar surface area (TPSA) is 39.1 Å². The molecular weight excluding hydrogens is 318 g/mol. The summed E-state index contributed by atoms with van der Waals surface area (Å²) >= 11 is 3.34. The molecule has 0 N–H and O–H groups in total. The number of rotatable bonds is 3. The smallest absolute Gasteiger partial charge is 0.253 e. The molecule has 0 unspecified atom stereocenters. The van der Waals surface area contributed by atoms with Crippen LogP contribution in [0.15, 0.2) is 39.7 Å². The largest absolute Gasteiger partial charge is 0.306 e. The second-order valence-electron chi connectivity index (χ2n) is 5.00. The van der Waals surface area contributed by atoms with Crippen molar-refractivity contribution >= 4 is 21.7 Å². The monoisotopic (exact) mass is 333 g/mol. The Morgan fingerprint density at radius 1 is 1.10 bits per heavy atom. The van der Waals surface area contributed by atoms with Gasteiger partial charge < -0.3 is 4.57 Å². The standard InChI is InChI=1S/C16H16BrNO2/c1-10-4-5-13(6-11(10)2)15(19)9-18-8-14(17)7-12(3)16(18)20/h4-8H,9H2,1-3H3. The molecule has 0 amide bonds. The number of hydrogen-bond donors (Lipinski definition) is 0. The van der Waals surface area contributed by atoms with E-state index in [2.05, 4.69) is 15.9 Å². The number of carbonyl (C=O) groups is 1. The molecule has 104 valence electrons. The lowest BCUT2D eigenvalue weighted by Gasteiger charge is -2.08. The van der Waals surface area contributed by atoms with Crippen LogP contribution in [-0.2, 0) is 6.54 Å². The van der Waals surface area contributed by atoms with Crippen LogP contribution in [0.5, 0.6) is 0 Å². The Labute approximate surface area is 126 Å². The van der Waals surface area contributed by atoms with Gasteiger partial charge in [-0.1, -0.05) is 12.1 Å². The van der Waals surface area contributed by atoms with Crippen LogP contribution in [0.4, 0.5) is 0 Å². The van der Waals surface area contributed by atoms with Gasteiger partial charge in [-0.3, -0.25) is 9.59 Å². The van der Waals surface area contributed by atoms with E-state index in [0.717, 1.165) is 15.6 Å². The van der Waals surface area contributed by atoms with Crippen LogP contribution in [0.25, 0.3) is 0 Å². The molecule has 0 bridgehead atoms. The van der Waals surface area contributed by atoms with Gasteiger partial charge in [-0.05, 0) is 60.0 Å². The lowest BCUT2D eigenvalue weighted by atomic mass is 10.0. The molecule has 0 aliphatic heterocycles. The van der Waals surface area contributed by atoms with Crippen molar-refractivity contribution in [1.82, 2.24) is 4.57 Å². The van der Waals surface area contributed by atoms with Crippen molar-refractivity contribution < 1.29 is 4.79 Å². The maximum absolute atomic E-state index is 12.3. The fourth-order valence-electron chi connectivity index (χ4n) is 2.02. The minimum absolute atomic E-state index is 0.0572. The fourth-order valence-corrected chi connectivity index (χ4v) is 2.61. The summed E-state index contributed by atoms with van der Waals surface area (Å²) in [5.41, 5.74) is 3.35. The zero-order valence-corrected chi connectivity index (χ0v) is 13.3. The van der Waals surface area contributed by atoms with Crippen molar-refractivity contribution in [3.05, 3.63) is 67.5 Å². The van der Waals surface area contributed by atoms with Gasteiger partial charge in [0, 0.05) is 21.8 Å². The molecule has 0 saturated carbocycles. The van der Waals surface area contributed by atoms with E-state index < -0.39 is 0 Å². The molecule has 0 fully saturated rings. The van der Waals surface area contributed by atoms with Gasteiger partial charge in [-0.15, -0.1) is 0 Å². The maximum Gasteiger partial charge on any atom is 0.253 e. The number of hydrogen-bond acceptors (Lipinski definition) is 2. The molecule has 20 heavy (non-hydrogen) atoms. The van der Waals surface area contributed by atoms with Crippen LogP contribution < -0.4 is 5.56 Å². The number of benzene rings is 1. The molecular formula is C16H16BrNO2. The molecule has 1 aromatic heterocycles. The molecule has 4 heteroatoms. The zero-order chi connectivity index (χ0) is 14.9. The number of aryl methyl sites for hydroxylation is 3. The lowest BCUT2D eigenvalue weighted by Crippen LogP contribution is -2.25. The Morgan fingerprint density at radius 2 is 1.80 bits per heavy atom. The second kappa shape index (κ2) is 5.75. The number of Topliss-reactive ketones (excluding diaryl/α,β-unsaturated/α-hetero) is 1. The van der Waals surface area contributed by atoms with E-state index in [9.17, 15) is 9.59 Å². The van der Waals surface area contributed by atoms with Crippen molar-refractivity contribution in [3.63, 3.8) is 0 Å². The number of aromatic nitrogens is 1. The molecule has 0 atom stereocenters. The highest BCUT2D eigenvalue weighted by Crippen LogP contribution is 2.12. The summed E-state index contributed by atoms with van der Waals surface area (Å²) in [4.78, 5) is 24.3. The van der Waals surface area contributed by atoms with Crippen molar-refractivity contribution in [2.75, 3.05) is 0 Å². The SMILES string of the molecule is Cc1ccc(C(=O)Cn2cc(Br)cc(C)c2=O)cc1C. The van der Waals surface area contributed by atoms with Gasteiger partial charge in [-0.2, -0.15) is 0 Å². The first-order valence-corrected chi connectivity index (χ1v) is 7.15. The minimum atomic E-state index is -0.134. The molecule has 0 radical (unpaired) electrons. The number of ketones is 1. The predicted octanol–water partition coefficient (Wildman–Crippen LogP) is 3.42. The van der Waals surface area contributed by atoms with Crippen LogP contribution in [0.1, 0.15) is 27.0 Å². The highest BCUT2D eigenvalue weighted by Gasteiger charge is 2.10. The van der Waals surface area contributed by atoms with Gasteiger partial charge in [-0.25, -0.2) is 0 Å². The molecule has 3 nitrogen and oxygen atoms in total. The van der Waals surface area contributed by atoms with Crippen LogP contribution in [0, 0.1) is 20.8 Å². The average Bonchev–Trinajstić information content (AvgIpc) is 2.38. The molecule has 2 rings (SSSR count). The van der Waals surface area contributed by atoms with Gasteiger partial charge in [0.1, 0.15) is 0 Å². The molecule has 1 heterocycles. The van der Waals surface area contributed by atoms with Crippen LogP contribution in [-0.4, -0.2) is 10.4 Å². The quantitative estimate of drug-likeness (QED) is 0.807. The third-order valence-electron chi connectivity index (χ3n) is 3.37. The molecule has 2 aromatic rings. The van der Waals surface area contributed by atoms with Crippen molar-refractivity contribution in [2.45, 2.75) is 27.3 Å². The first kappa shape index (κ1) is 14.7. The Morgan fingerprint density at radius 3 is 2.45 bits per heavy atom. The Hall–Kier alpha value is -1.68. The predicted molar refractivity (Wildman–Crippen MR) is 83.4 cm³/mol. The first-order chi connectivity index (χ1) is 9.38. The van der Waals surface area contributed by atoms with Crippen molar-refractivity contribution in [1.29, 1.82) is 0 Å². The third-order valence-corrected chi connectivity index (χ3v) is 3.81. The van der Waals surface area contributed by atoms with Crippen LogP contribution >= 0.6 is 15.9 Å². The van der Waals surface area contributed by atoms with Crippen LogP contribution in [0.2, 0.25) is 0 Å². The van der Waals surface area contributed by atoms with Gasteiger partial charge in [0.05, 0.1) is 6.54 Å². The van der Waals surface area contributed by atoms with E-state index in [1.807, 2.05) is 26.0 Å². The highest BCUT2D eigenvalue weighted by molar-refractivity contribution is 9.10. The Kier molecular flexibility index (Phi) is 4.23. The molecule has 0 aliphatic rings. The zero-order valence-electron chi connectivity index (χ0n) is 11.7. The van der Waals surface area contributed by atoms with E-state index in [1.54, 1.807) is 25.3 Å². The minimum Gasteiger partial charge on any atom is -0.306 e. The molecule has 0 aliphatic carbocycles. The Bertz CT molecular complexity index is 732. The highest BCUT2D eigenvalue weighted by atomic mass is 79.9. The number of halogens is 1. The van der Waals surface area contributed by atoms with Crippen LogP contribution in [0.3, 0.4) is 0 Å². The summed E-state index contributed by atoms with van der Waals surface area (Å²) in [6, 6.07) is 7.35. The van der Waals surface area contributed by atoms with Gasteiger partial charge in [0.15, 0.2) is 5.78 Å². The van der Waals surface area contributed by atoms with E-state index >= 15 is 0 Å². The van der Waals surface area contributed by atoms with Crippen molar-refractivity contribution in [2.24, 2.45) is 0 Å². The average molecular weight is 334 g/mol. The molecule has 1 aromatic carbocycles. The van der Waals surface area contributed by atoms with E-state index in [4.69, 9.17) is 0 Å².